The number of aliphatic carboxylic acids is 1. The van der Waals surface area contributed by atoms with E-state index in [4.69, 9.17) is 14.6 Å². The Hall–Kier alpha value is -2.14. The molecular formula is C19H29F3N4O4. The average Bonchev–Trinajstić information content (AvgIpc) is 3.28. The lowest BCUT2D eigenvalue weighted by molar-refractivity contribution is -0.192. The van der Waals surface area contributed by atoms with Gasteiger partial charge in [-0.3, -0.25) is 14.4 Å². The molecule has 170 valence electrons. The molecule has 2 fully saturated rings. The Morgan fingerprint density at radius 2 is 1.93 bits per heavy atom. The number of carbonyl (C=O) groups excluding carboxylic acids is 1. The number of likely N-dealkylation sites (tertiary alicyclic amines) is 1. The van der Waals surface area contributed by atoms with Gasteiger partial charge < -0.3 is 14.7 Å². The van der Waals surface area contributed by atoms with Gasteiger partial charge in [0.25, 0.3) is 0 Å². The number of likely N-dealkylation sites (N-methyl/N-ethyl adjacent to an activating group) is 1. The maximum atomic E-state index is 12.1. The number of carbonyl (C=O) groups is 2. The Balaban J connectivity index is 0.000000396. The summed E-state index contributed by atoms with van der Waals surface area (Å²) in [5.74, 6) is -1.83. The molecule has 0 aromatic carbocycles. The molecule has 0 radical (unpaired) electrons. The minimum atomic E-state index is -5.08. The van der Waals surface area contributed by atoms with E-state index in [2.05, 4.69) is 16.2 Å². The first-order valence-electron chi connectivity index (χ1n) is 9.80. The second-order valence-electron chi connectivity index (χ2n) is 7.96. The molecule has 1 aliphatic carbocycles. The van der Waals surface area contributed by atoms with Gasteiger partial charge in [0, 0.05) is 46.5 Å². The number of halogens is 3. The SMILES string of the molecule is CN(C)C(=O)CN1CC[C@H](OCC2CC2)[C@@H]1Cc1cnn(C)c1.O=C(O)C(F)(F)F. The van der Waals surface area contributed by atoms with E-state index in [1.54, 1.807) is 4.90 Å². The summed E-state index contributed by atoms with van der Waals surface area (Å²) in [7, 11) is 5.57. The maximum absolute atomic E-state index is 12.1. The van der Waals surface area contributed by atoms with Gasteiger partial charge in [0.05, 0.1) is 18.8 Å². The van der Waals surface area contributed by atoms with Crippen molar-refractivity contribution in [2.45, 2.75) is 44.0 Å². The van der Waals surface area contributed by atoms with E-state index in [-0.39, 0.29) is 18.1 Å². The van der Waals surface area contributed by atoms with Gasteiger partial charge in [-0.05, 0) is 37.2 Å². The molecule has 1 aromatic rings. The molecule has 11 heteroatoms. The Morgan fingerprint density at radius 3 is 2.40 bits per heavy atom. The number of carboxylic acids is 1. The Bertz CT molecular complexity index is 719. The predicted molar refractivity (Wildman–Crippen MR) is 102 cm³/mol. The molecule has 1 saturated carbocycles. The van der Waals surface area contributed by atoms with Crippen LogP contribution in [-0.4, -0.2) is 88.7 Å². The molecular weight excluding hydrogens is 405 g/mol. The van der Waals surface area contributed by atoms with Crippen molar-refractivity contribution in [2.24, 2.45) is 13.0 Å². The minimum Gasteiger partial charge on any atom is -0.475 e. The first-order chi connectivity index (χ1) is 14.0. The number of carboxylic acid groups (broad SMARTS) is 1. The number of amides is 1. The third-order valence-corrected chi connectivity index (χ3v) is 5.12. The molecule has 0 unspecified atom stereocenters. The summed E-state index contributed by atoms with van der Waals surface area (Å²) in [6.45, 7) is 2.28. The van der Waals surface area contributed by atoms with Crippen LogP contribution in [0.2, 0.25) is 0 Å². The van der Waals surface area contributed by atoms with E-state index in [0.29, 0.717) is 6.54 Å². The zero-order chi connectivity index (χ0) is 22.5. The van der Waals surface area contributed by atoms with E-state index < -0.39 is 12.1 Å². The van der Waals surface area contributed by atoms with E-state index in [1.807, 2.05) is 32.0 Å². The first-order valence-corrected chi connectivity index (χ1v) is 9.80. The molecule has 1 amide bonds. The van der Waals surface area contributed by atoms with Crippen LogP contribution in [0.4, 0.5) is 13.2 Å². The van der Waals surface area contributed by atoms with Crippen molar-refractivity contribution in [1.82, 2.24) is 19.6 Å². The maximum Gasteiger partial charge on any atom is 0.490 e. The average molecular weight is 434 g/mol. The van der Waals surface area contributed by atoms with Crippen molar-refractivity contribution < 1.29 is 32.6 Å². The number of aromatic nitrogens is 2. The van der Waals surface area contributed by atoms with Crippen molar-refractivity contribution in [2.75, 3.05) is 33.8 Å². The second-order valence-corrected chi connectivity index (χ2v) is 7.96. The van der Waals surface area contributed by atoms with Crippen LogP contribution in [-0.2, 0) is 27.8 Å². The predicted octanol–water partition coefficient (Wildman–Crippen LogP) is 1.55. The first kappa shape index (κ1) is 24.1. The molecule has 30 heavy (non-hydrogen) atoms. The third kappa shape index (κ3) is 7.60. The van der Waals surface area contributed by atoms with Crippen LogP contribution in [0.15, 0.2) is 12.4 Å². The van der Waals surface area contributed by atoms with Crippen LogP contribution in [0.25, 0.3) is 0 Å². The number of nitrogens with zero attached hydrogens (tertiary/aromatic N) is 4. The van der Waals surface area contributed by atoms with Gasteiger partial charge in [-0.1, -0.05) is 0 Å². The number of alkyl halides is 3. The van der Waals surface area contributed by atoms with Crippen molar-refractivity contribution in [1.29, 1.82) is 0 Å². The molecule has 2 aliphatic rings. The number of aryl methyl sites for hydroxylation is 1. The molecule has 0 spiro atoms. The van der Waals surface area contributed by atoms with Gasteiger partial charge in [-0.25, -0.2) is 4.79 Å². The molecule has 2 atom stereocenters. The van der Waals surface area contributed by atoms with E-state index in [9.17, 15) is 18.0 Å². The van der Waals surface area contributed by atoms with Crippen LogP contribution >= 0.6 is 0 Å². The topological polar surface area (TPSA) is 87.9 Å². The van der Waals surface area contributed by atoms with Crippen LogP contribution in [0.5, 0.6) is 0 Å². The minimum absolute atomic E-state index is 0.157. The highest BCUT2D eigenvalue weighted by Crippen LogP contribution is 2.31. The molecule has 1 aromatic heterocycles. The summed E-state index contributed by atoms with van der Waals surface area (Å²) in [4.78, 5) is 25.0. The summed E-state index contributed by atoms with van der Waals surface area (Å²) in [5, 5.41) is 11.4. The summed E-state index contributed by atoms with van der Waals surface area (Å²) in [6, 6.07) is 0.266. The Morgan fingerprint density at radius 1 is 1.30 bits per heavy atom. The van der Waals surface area contributed by atoms with Gasteiger partial charge in [0.2, 0.25) is 5.91 Å². The molecule has 0 bridgehead atoms. The normalized spacial score (nSPS) is 21.8. The van der Waals surface area contributed by atoms with Gasteiger partial charge in [-0.2, -0.15) is 18.3 Å². The largest absolute Gasteiger partial charge is 0.490 e. The molecule has 8 nitrogen and oxygen atoms in total. The molecule has 1 saturated heterocycles. The lowest BCUT2D eigenvalue weighted by atomic mass is 10.0. The second kappa shape index (κ2) is 10.3. The highest BCUT2D eigenvalue weighted by atomic mass is 19.4. The highest BCUT2D eigenvalue weighted by molar-refractivity contribution is 5.77. The number of rotatable bonds is 7. The van der Waals surface area contributed by atoms with Crippen molar-refractivity contribution in [3.8, 4) is 0 Å². The molecule has 1 aliphatic heterocycles. The molecule has 2 heterocycles. The smallest absolute Gasteiger partial charge is 0.475 e. The summed E-state index contributed by atoms with van der Waals surface area (Å²) < 4.78 is 39.8. The van der Waals surface area contributed by atoms with Gasteiger partial charge in [0.1, 0.15) is 0 Å². The van der Waals surface area contributed by atoms with E-state index >= 15 is 0 Å². The van der Waals surface area contributed by atoms with Crippen LogP contribution in [0.3, 0.4) is 0 Å². The lowest BCUT2D eigenvalue weighted by Crippen LogP contribution is -2.43. The fraction of sp³-hybridized carbons (Fsp3) is 0.737. The zero-order valence-corrected chi connectivity index (χ0v) is 17.4. The van der Waals surface area contributed by atoms with Crippen molar-refractivity contribution in [3.05, 3.63) is 18.0 Å². The van der Waals surface area contributed by atoms with E-state index in [0.717, 1.165) is 31.9 Å². The Labute approximate surface area is 173 Å². The monoisotopic (exact) mass is 434 g/mol. The summed E-state index contributed by atoms with van der Waals surface area (Å²) in [5.41, 5.74) is 1.21. The third-order valence-electron chi connectivity index (χ3n) is 5.12. The zero-order valence-electron chi connectivity index (χ0n) is 17.4. The van der Waals surface area contributed by atoms with E-state index in [1.165, 1.54) is 18.4 Å². The number of hydrogen-bond acceptors (Lipinski definition) is 5. The fourth-order valence-corrected chi connectivity index (χ4v) is 3.22. The van der Waals surface area contributed by atoms with Crippen LogP contribution in [0.1, 0.15) is 24.8 Å². The highest BCUT2D eigenvalue weighted by Gasteiger charge is 2.38. The summed E-state index contributed by atoms with van der Waals surface area (Å²) >= 11 is 0. The van der Waals surface area contributed by atoms with Gasteiger partial charge in [0.15, 0.2) is 0 Å². The molecule has 3 rings (SSSR count). The van der Waals surface area contributed by atoms with Crippen molar-refractivity contribution >= 4 is 11.9 Å². The van der Waals surface area contributed by atoms with Crippen LogP contribution in [0, 0.1) is 5.92 Å². The molecule has 1 N–H and O–H groups in total. The van der Waals surface area contributed by atoms with Crippen LogP contribution < -0.4 is 0 Å². The van der Waals surface area contributed by atoms with Crippen molar-refractivity contribution in [3.63, 3.8) is 0 Å². The van der Waals surface area contributed by atoms with Gasteiger partial charge in [-0.15, -0.1) is 0 Å². The lowest BCUT2D eigenvalue weighted by Gasteiger charge is -2.28. The summed E-state index contributed by atoms with van der Waals surface area (Å²) in [6.07, 6.45) is 3.64. The number of ether oxygens (including phenoxy) is 1. The fourth-order valence-electron chi connectivity index (χ4n) is 3.22. The van der Waals surface area contributed by atoms with Gasteiger partial charge >= 0.3 is 12.1 Å². The quantitative estimate of drug-likeness (QED) is 0.701. The number of hydrogen-bond donors (Lipinski definition) is 1. The standard InChI is InChI=1S/C17H28N4O2.C2HF3O2/c1-19(2)17(22)11-21-7-6-16(23-12-13-4-5-13)15(21)8-14-9-18-20(3)10-14;3-2(4,5)1(6)7/h9-10,13,15-16H,4-8,11-12H2,1-3H3;(H,6,7)/t15-,16-;/m0./s1. The Kier molecular flexibility index (Phi) is 8.25.